The number of rotatable bonds is 4. The molecule has 0 N–H and O–H groups in total. The molecule has 0 spiro atoms. The molecule has 1 aliphatic rings. The van der Waals surface area contributed by atoms with E-state index in [0.29, 0.717) is 5.56 Å². The van der Waals surface area contributed by atoms with Gasteiger partial charge in [-0.25, -0.2) is 0 Å². The lowest BCUT2D eigenvalue weighted by molar-refractivity contribution is 0.967. The molecule has 0 bridgehead atoms. The summed E-state index contributed by atoms with van der Waals surface area (Å²) < 4.78 is 2.17. The van der Waals surface area contributed by atoms with Crippen LogP contribution in [0.4, 0.5) is 0 Å². The van der Waals surface area contributed by atoms with Crippen molar-refractivity contribution in [1.29, 1.82) is 5.26 Å². The predicted octanol–water partition coefficient (Wildman–Crippen LogP) is 7.98. The van der Waals surface area contributed by atoms with Gasteiger partial charge in [-0.05, 0) is 63.6 Å². The van der Waals surface area contributed by atoms with Crippen LogP contribution < -0.4 is 0 Å². The lowest BCUT2D eigenvalue weighted by Gasteiger charge is -2.14. The third-order valence-corrected chi connectivity index (χ3v) is 6.90. The molecule has 35 heavy (non-hydrogen) atoms. The van der Waals surface area contributed by atoms with Crippen molar-refractivity contribution in [3.8, 4) is 6.07 Å². The van der Waals surface area contributed by atoms with Crippen LogP contribution in [0.1, 0.15) is 34.2 Å². The van der Waals surface area contributed by atoms with Gasteiger partial charge in [-0.2, -0.15) is 5.26 Å². The molecule has 1 aliphatic carbocycles. The SMILES string of the molecule is Cn1cc(C2=C(c3ccccc3)CC(c3ccccc3)=C2c2ccccc2)c2cc(C#N)ccc21. The van der Waals surface area contributed by atoms with Gasteiger partial charge >= 0.3 is 0 Å². The zero-order valence-corrected chi connectivity index (χ0v) is 19.6. The molecule has 0 saturated heterocycles. The van der Waals surface area contributed by atoms with Crippen LogP contribution in [0.25, 0.3) is 33.2 Å². The number of nitrogens with zero attached hydrogens (tertiary/aromatic N) is 2. The van der Waals surface area contributed by atoms with E-state index < -0.39 is 0 Å². The summed E-state index contributed by atoms with van der Waals surface area (Å²) in [5.74, 6) is 0. The number of aryl methyl sites for hydroxylation is 1. The maximum Gasteiger partial charge on any atom is 0.0991 e. The van der Waals surface area contributed by atoms with Crippen molar-refractivity contribution < 1.29 is 0 Å². The van der Waals surface area contributed by atoms with Crippen LogP contribution >= 0.6 is 0 Å². The molecule has 0 fully saturated rings. The Kier molecular flexibility index (Phi) is 5.17. The number of nitriles is 1. The summed E-state index contributed by atoms with van der Waals surface area (Å²) in [6, 6.07) is 40.4. The Morgan fingerprint density at radius 2 is 1.20 bits per heavy atom. The first-order valence-electron chi connectivity index (χ1n) is 11.9. The summed E-state index contributed by atoms with van der Waals surface area (Å²) in [4.78, 5) is 0. The van der Waals surface area contributed by atoms with Crippen molar-refractivity contribution >= 4 is 33.2 Å². The summed E-state index contributed by atoms with van der Waals surface area (Å²) in [5.41, 5.74) is 11.8. The highest BCUT2D eigenvalue weighted by Gasteiger charge is 2.30. The van der Waals surface area contributed by atoms with Crippen LogP contribution in [0, 0.1) is 11.3 Å². The Morgan fingerprint density at radius 3 is 1.77 bits per heavy atom. The normalized spacial score (nSPS) is 13.5. The molecule has 0 unspecified atom stereocenters. The standard InChI is InChI=1S/C33H24N2/c1-35-22-30(29-19-23(21-34)17-18-31(29)35)33-28(25-13-7-3-8-14-25)20-27(24-11-5-2-6-12-24)32(33)26-15-9-4-10-16-26/h2-19,22H,20H2,1H3. The topological polar surface area (TPSA) is 28.7 Å². The van der Waals surface area contributed by atoms with E-state index in [1.807, 2.05) is 12.1 Å². The minimum Gasteiger partial charge on any atom is -0.350 e. The summed E-state index contributed by atoms with van der Waals surface area (Å²) >= 11 is 0. The Hall–Kier alpha value is -4.61. The number of hydrogen-bond donors (Lipinski definition) is 0. The highest BCUT2D eigenvalue weighted by atomic mass is 14.9. The minimum absolute atomic E-state index is 0.679. The second-order valence-corrected chi connectivity index (χ2v) is 8.98. The molecule has 2 nitrogen and oxygen atoms in total. The molecule has 2 heteroatoms. The lowest BCUT2D eigenvalue weighted by atomic mass is 9.89. The molecule has 166 valence electrons. The fraction of sp³-hybridized carbons (Fsp3) is 0.0606. The van der Waals surface area contributed by atoms with E-state index in [1.165, 1.54) is 44.5 Å². The first-order valence-corrected chi connectivity index (χ1v) is 11.9. The van der Waals surface area contributed by atoms with Crippen molar-refractivity contribution in [2.24, 2.45) is 7.05 Å². The monoisotopic (exact) mass is 448 g/mol. The van der Waals surface area contributed by atoms with Gasteiger partial charge in [0.15, 0.2) is 0 Å². The Bertz CT molecular complexity index is 1640. The average molecular weight is 449 g/mol. The molecule has 6 rings (SSSR count). The molecular formula is C33H24N2. The third kappa shape index (κ3) is 3.59. The molecule has 0 saturated carbocycles. The second-order valence-electron chi connectivity index (χ2n) is 8.98. The van der Waals surface area contributed by atoms with Crippen LogP contribution in [0.15, 0.2) is 115 Å². The highest BCUT2D eigenvalue weighted by Crippen LogP contribution is 2.52. The van der Waals surface area contributed by atoms with Crippen LogP contribution in [0.5, 0.6) is 0 Å². The number of allylic oxidation sites excluding steroid dienone is 4. The van der Waals surface area contributed by atoms with E-state index >= 15 is 0 Å². The fourth-order valence-corrected chi connectivity index (χ4v) is 5.31. The Labute approximate surface area is 205 Å². The van der Waals surface area contributed by atoms with Gasteiger partial charge in [0, 0.05) is 29.7 Å². The van der Waals surface area contributed by atoms with Gasteiger partial charge in [0.1, 0.15) is 0 Å². The largest absolute Gasteiger partial charge is 0.350 e. The van der Waals surface area contributed by atoms with Gasteiger partial charge in [0.05, 0.1) is 11.6 Å². The van der Waals surface area contributed by atoms with Gasteiger partial charge in [0.25, 0.3) is 0 Å². The summed E-state index contributed by atoms with van der Waals surface area (Å²) in [5, 5.41) is 10.7. The van der Waals surface area contributed by atoms with Crippen LogP contribution in [-0.2, 0) is 7.05 Å². The van der Waals surface area contributed by atoms with E-state index in [1.54, 1.807) is 0 Å². The van der Waals surface area contributed by atoms with Crippen molar-refractivity contribution in [1.82, 2.24) is 4.57 Å². The average Bonchev–Trinajstić information content (AvgIpc) is 3.48. The van der Waals surface area contributed by atoms with Crippen molar-refractivity contribution in [2.75, 3.05) is 0 Å². The van der Waals surface area contributed by atoms with Gasteiger partial charge in [-0.1, -0.05) is 91.0 Å². The van der Waals surface area contributed by atoms with E-state index in [0.717, 1.165) is 17.3 Å². The second kappa shape index (κ2) is 8.63. The fourth-order valence-electron chi connectivity index (χ4n) is 5.31. The van der Waals surface area contributed by atoms with Crippen molar-refractivity contribution in [3.63, 3.8) is 0 Å². The molecule has 0 aliphatic heterocycles. The lowest BCUT2D eigenvalue weighted by Crippen LogP contribution is -1.92. The predicted molar refractivity (Wildman–Crippen MR) is 145 cm³/mol. The maximum absolute atomic E-state index is 9.63. The maximum atomic E-state index is 9.63. The Morgan fingerprint density at radius 1 is 0.657 bits per heavy atom. The molecule has 5 aromatic rings. The van der Waals surface area contributed by atoms with Crippen molar-refractivity contribution in [3.05, 3.63) is 143 Å². The molecule has 0 amide bonds. The van der Waals surface area contributed by atoms with Crippen molar-refractivity contribution in [2.45, 2.75) is 6.42 Å². The molecule has 1 heterocycles. The zero-order chi connectivity index (χ0) is 23.8. The van der Waals surface area contributed by atoms with Gasteiger partial charge < -0.3 is 4.57 Å². The van der Waals surface area contributed by atoms with Crippen LogP contribution in [0.2, 0.25) is 0 Å². The summed E-state index contributed by atoms with van der Waals surface area (Å²) in [6.45, 7) is 0. The van der Waals surface area contributed by atoms with Gasteiger partial charge in [-0.3, -0.25) is 0 Å². The minimum atomic E-state index is 0.679. The number of hydrogen-bond acceptors (Lipinski definition) is 1. The summed E-state index contributed by atoms with van der Waals surface area (Å²) in [7, 11) is 2.08. The van der Waals surface area contributed by atoms with E-state index in [9.17, 15) is 5.26 Å². The zero-order valence-electron chi connectivity index (χ0n) is 19.6. The first kappa shape index (κ1) is 21.0. The smallest absolute Gasteiger partial charge is 0.0991 e. The quantitative estimate of drug-likeness (QED) is 0.274. The molecular weight excluding hydrogens is 424 g/mol. The van der Waals surface area contributed by atoms with E-state index in [2.05, 4.69) is 121 Å². The first-order chi connectivity index (χ1) is 17.2. The Balaban J connectivity index is 1.72. The highest BCUT2D eigenvalue weighted by molar-refractivity contribution is 6.29. The molecule has 0 atom stereocenters. The van der Waals surface area contributed by atoms with Gasteiger partial charge in [0.2, 0.25) is 0 Å². The molecule has 0 radical (unpaired) electrons. The third-order valence-electron chi connectivity index (χ3n) is 6.90. The van der Waals surface area contributed by atoms with E-state index in [4.69, 9.17) is 0 Å². The number of benzene rings is 4. The van der Waals surface area contributed by atoms with Crippen LogP contribution in [0.3, 0.4) is 0 Å². The number of fused-ring (bicyclic) bond motifs is 1. The summed E-state index contributed by atoms with van der Waals surface area (Å²) in [6.07, 6.45) is 3.07. The molecule has 4 aromatic carbocycles. The molecule has 1 aromatic heterocycles. The van der Waals surface area contributed by atoms with Crippen LogP contribution in [-0.4, -0.2) is 4.57 Å². The van der Waals surface area contributed by atoms with Gasteiger partial charge in [-0.15, -0.1) is 0 Å². The van der Waals surface area contributed by atoms with E-state index in [-0.39, 0.29) is 0 Å². The number of aromatic nitrogens is 1.